The van der Waals surface area contributed by atoms with E-state index in [1.54, 1.807) is 12.5 Å². The fourth-order valence-corrected chi connectivity index (χ4v) is 4.55. The molecule has 0 aliphatic carbocycles. The summed E-state index contributed by atoms with van der Waals surface area (Å²) in [5, 5.41) is 9.02. The number of aromatic nitrogens is 1. The summed E-state index contributed by atoms with van der Waals surface area (Å²) in [6, 6.07) is 4.59. The second kappa shape index (κ2) is 11.6. The van der Waals surface area contributed by atoms with Gasteiger partial charge in [-0.2, -0.15) is 11.8 Å². The van der Waals surface area contributed by atoms with E-state index in [1.807, 2.05) is 24.3 Å². The summed E-state index contributed by atoms with van der Waals surface area (Å²) in [4.78, 5) is 55.1. The van der Waals surface area contributed by atoms with Crippen molar-refractivity contribution in [3.63, 3.8) is 0 Å². The normalized spacial score (nSPS) is 18.3. The molecule has 2 aromatic rings. The van der Waals surface area contributed by atoms with E-state index in [9.17, 15) is 19.2 Å². The summed E-state index contributed by atoms with van der Waals surface area (Å²) < 4.78 is 0. The third kappa shape index (κ3) is 5.90. The molecule has 0 saturated carbocycles. The Labute approximate surface area is 202 Å². The predicted molar refractivity (Wildman–Crippen MR) is 132 cm³/mol. The average molecular weight is 487 g/mol. The zero-order chi connectivity index (χ0) is 24.7. The van der Waals surface area contributed by atoms with Gasteiger partial charge in [0.15, 0.2) is 0 Å². The smallest absolute Gasteiger partial charge is 0.315 e. The van der Waals surface area contributed by atoms with Crippen LogP contribution in [0.2, 0.25) is 0 Å². The Morgan fingerprint density at radius 2 is 2.09 bits per heavy atom. The molecular weight excluding hydrogens is 456 g/mol. The Morgan fingerprint density at radius 3 is 2.79 bits per heavy atom. The molecule has 5 amide bonds. The number of rotatable bonds is 10. The van der Waals surface area contributed by atoms with Crippen molar-refractivity contribution >= 4 is 46.4 Å². The predicted octanol–water partition coefficient (Wildman–Crippen LogP) is 0.498. The standard InChI is InChI=1S/C23H30N6O4S/c1-3-9-25-23(33)28-17-8-10-29(19(30)13-34-2)20(17)22(32)27-18(21(24)31)11-14-12-26-16-7-5-4-6-15(14)16/h3-7,12,17-18,20,26H,1,8-11,13H2,2H3,(H2,24,31)(H,27,32)(H2,25,28,33). The van der Waals surface area contributed by atoms with Crippen molar-refractivity contribution in [2.75, 3.05) is 25.1 Å². The number of hydrogen-bond acceptors (Lipinski definition) is 5. The highest BCUT2D eigenvalue weighted by Crippen LogP contribution is 2.22. The van der Waals surface area contributed by atoms with Crippen molar-refractivity contribution in [2.24, 2.45) is 5.73 Å². The molecule has 1 saturated heterocycles. The number of para-hydroxylation sites is 1. The van der Waals surface area contributed by atoms with Crippen LogP contribution in [-0.4, -0.2) is 76.9 Å². The molecule has 3 rings (SSSR count). The first-order chi connectivity index (χ1) is 16.3. The molecule has 1 aliphatic rings. The van der Waals surface area contributed by atoms with Crippen LogP contribution in [0.5, 0.6) is 0 Å². The molecule has 2 heterocycles. The Kier molecular flexibility index (Phi) is 8.58. The van der Waals surface area contributed by atoms with Crippen molar-refractivity contribution < 1.29 is 19.2 Å². The highest BCUT2D eigenvalue weighted by molar-refractivity contribution is 7.99. The maximum atomic E-state index is 13.4. The third-order valence-electron chi connectivity index (χ3n) is 5.74. The minimum absolute atomic E-state index is 0.189. The maximum Gasteiger partial charge on any atom is 0.315 e. The van der Waals surface area contributed by atoms with Gasteiger partial charge in [-0.25, -0.2) is 4.79 Å². The molecule has 0 radical (unpaired) electrons. The fourth-order valence-electron chi connectivity index (χ4n) is 4.14. The number of urea groups is 1. The molecule has 3 unspecified atom stereocenters. The molecule has 0 spiro atoms. The third-order valence-corrected chi connectivity index (χ3v) is 6.27. The number of nitrogens with two attached hydrogens (primary N) is 1. The van der Waals surface area contributed by atoms with Gasteiger partial charge < -0.3 is 31.6 Å². The minimum atomic E-state index is -0.986. The number of carbonyl (C=O) groups is 4. The van der Waals surface area contributed by atoms with E-state index in [0.29, 0.717) is 13.0 Å². The molecule has 34 heavy (non-hydrogen) atoms. The van der Waals surface area contributed by atoms with Gasteiger partial charge in [-0.05, 0) is 24.3 Å². The van der Waals surface area contributed by atoms with Gasteiger partial charge in [0, 0.05) is 36.6 Å². The van der Waals surface area contributed by atoms with Gasteiger partial charge in [-0.1, -0.05) is 24.3 Å². The van der Waals surface area contributed by atoms with Gasteiger partial charge in [0.2, 0.25) is 17.7 Å². The molecule has 6 N–H and O–H groups in total. The summed E-state index contributed by atoms with van der Waals surface area (Å²) in [5.41, 5.74) is 7.36. The van der Waals surface area contributed by atoms with Crippen LogP contribution in [0.3, 0.4) is 0 Å². The molecule has 10 nitrogen and oxygen atoms in total. The summed E-state index contributed by atoms with van der Waals surface area (Å²) in [5.74, 6) is -1.24. The number of aromatic amines is 1. The van der Waals surface area contributed by atoms with E-state index in [4.69, 9.17) is 5.73 Å². The van der Waals surface area contributed by atoms with E-state index in [0.717, 1.165) is 16.5 Å². The molecule has 182 valence electrons. The van der Waals surface area contributed by atoms with E-state index in [2.05, 4.69) is 27.5 Å². The van der Waals surface area contributed by atoms with Crippen LogP contribution in [0.15, 0.2) is 43.1 Å². The molecule has 11 heteroatoms. The first-order valence-corrected chi connectivity index (χ1v) is 12.3. The number of nitrogens with zero attached hydrogens (tertiary/aromatic N) is 1. The van der Waals surface area contributed by atoms with Gasteiger partial charge in [0.25, 0.3) is 0 Å². The second-order valence-corrected chi connectivity index (χ2v) is 8.90. The van der Waals surface area contributed by atoms with Crippen LogP contribution in [-0.2, 0) is 20.8 Å². The molecule has 0 bridgehead atoms. The van der Waals surface area contributed by atoms with Crippen LogP contribution in [0, 0.1) is 0 Å². The summed E-state index contributed by atoms with van der Waals surface area (Å²) in [6.07, 6.45) is 5.71. The van der Waals surface area contributed by atoms with Crippen LogP contribution in [0.25, 0.3) is 10.9 Å². The SMILES string of the molecule is C=CCNC(=O)NC1CCN(C(=O)CSC)C1C(=O)NC(Cc1c[nH]c2ccccc12)C(N)=O. The van der Waals surface area contributed by atoms with Gasteiger partial charge in [-0.15, -0.1) is 6.58 Å². The molecule has 3 atom stereocenters. The lowest BCUT2D eigenvalue weighted by Gasteiger charge is -2.29. The van der Waals surface area contributed by atoms with Gasteiger partial charge in [-0.3, -0.25) is 14.4 Å². The van der Waals surface area contributed by atoms with Crippen molar-refractivity contribution in [3.05, 3.63) is 48.7 Å². The number of H-pyrrole nitrogens is 1. The molecule has 1 aromatic carbocycles. The van der Waals surface area contributed by atoms with Gasteiger partial charge >= 0.3 is 6.03 Å². The largest absolute Gasteiger partial charge is 0.368 e. The van der Waals surface area contributed by atoms with Crippen molar-refractivity contribution in [2.45, 2.75) is 31.0 Å². The number of hydrogen-bond donors (Lipinski definition) is 5. The van der Waals surface area contributed by atoms with Crippen molar-refractivity contribution in [1.82, 2.24) is 25.8 Å². The summed E-state index contributed by atoms with van der Waals surface area (Å²) in [6.45, 7) is 4.13. The quantitative estimate of drug-likeness (QED) is 0.310. The number of thioether (sulfide) groups is 1. The zero-order valence-corrected chi connectivity index (χ0v) is 19.8. The molecule has 1 aliphatic heterocycles. The Hall–Kier alpha value is -3.47. The Balaban J connectivity index is 1.78. The van der Waals surface area contributed by atoms with E-state index >= 15 is 0 Å². The highest BCUT2D eigenvalue weighted by atomic mass is 32.2. The van der Waals surface area contributed by atoms with Crippen LogP contribution in [0.4, 0.5) is 4.79 Å². The molecule has 1 fully saturated rings. The lowest BCUT2D eigenvalue weighted by Crippen LogP contribution is -2.59. The lowest BCUT2D eigenvalue weighted by molar-refractivity contribution is -0.138. The Morgan fingerprint density at radius 1 is 1.32 bits per heavy atom. The average Bonchev–Trinajstić information content (AvgIpc) is 3.41. The van der Waals surface area contributed by atoms with Crippen LogP contribution in [0.1, 0.15) is 12.0 Å². The monoisotopic (exact) mass is 486 g/mol. The number of carbonyl (C=O) groups excluding carboxylic acids is 4. The van der Waals surface area contributed by atoms with Crippen LogP contribution < -0.4 is 21.7 Å². The van der Waals surface area contributed by atoms with Gasteiger partial charge in [0.05, 0.1) is 11.8 Å². The van der Waals surface area contributed by atoms with Crippen LogP contribution >= 0.6 is 11.8 Å². The summed E-state index contributed by atoms with van der Waals surface area (Å²) in [7, 11) is 0. The summed E-state index contributed by atoms with van der Waals surface area (Å²) >= 11 is 1.35. The first kappa shape index (κ1) is 25.2. The molecular formula is C23H30N6O4S. The van der Waals surface area contributed by atoms with Crippen molar-refractivity contribution in [3.8, 4) is 0 Å². The Bertz CT molecular complexity index is 1070. The maximum absolute atomic E-state index is 13.4. The lowest BCUT2D eigenvalue weighted by atomic mass is 10.0. The number of primary amides is 1. The molecule has 1 aromatic heterocycles. The fraction of sp³-hybridized carbons (Fsp3) is 0.391. The topological polar surface area (TPSA) is 149 Å². The number of likely N-dealkylation sites (tertiary alicyclic amines) is 1. The number of amides is 5. The zero-order valence-electron chi connectivity index (χ0n) is 19.0. The van der Waals surface area contributed by atoms with E-state index in [-0.39, 0.29) is 24.6 Å². The van der Waals surface area contributed by atoms with E-state index < -0.39 is 36.0 Å². The van der Waals surface area contributed by atoms with Crippen molar-refractivity contribution in [1.29, 1.82) is 0 Å². The highest BCUT2D eigenvalue weighted by Gasteiger charge is 2.43. The number of nitrogens with one attached hydrogen (secondary N) is 4. The second-order valence-electron chi connectivity index (χ2n) is 8.03. The number of fused-ring (bicyclic) bond motifs is 1. The van der Waals surface area contributed by atoms with E-state index in [1.165, 1.54) is 22.7 Å². The number of benzene rings is 1. The first-order valence-electron chi connectivity index (χ1n) is 10.9. The minimum Gasteiger partial charge on any atom is -0.368 e. The van der Waals surface area contributed by atoms with Gasteiger partial charge in [0.1, 0.15) is 12.1 Å².